The molecule has 25 heavy (non-hydrogen) atoms. The van der Waals surface area contributed by atoms with Gasteiger partial charge in [0.25, 0.3) is 5.56 Å². The number of halogens is 1. The molecule has 0 unspecified atom stereocenters. The van der Waals surface area contributed by atoms with Gasteiger partial charge in [-0.3, -0.25) is 4.79 Å². The maximum absolute atomic E-state index is 12.9. The number of rotatable bonds is 3. The number of morpholine rings is 1. The van der Waals surface area contributed by atoms with Crippen molar-refractivity contribution in [3.63, 3.8) is 0 Å². The van der Waals surface area contributed by atoms with Crippen molar-refractivity contribution >= 4 is 22.4 Å². The quantitative estimate of drug-likeness (QED) is 0.775. The van der Waals surface area contributed by atoms with Crippen LogP contribution < -0.4 is 10.5 Å². The van der Waals surface area contributed by atoms with E-state index in [-0.39, 0.29) is 5.56 Å². The van der Waals surface area contributed by atoms with E-state index in [0.717, 1.165) is 42.9 Å². The molecule has 6 heteroatoms. The molecule has 1 saturated heterocycles. The zero-order valence-electron chi connectivity index (χ0n) is 13.7. The lowest BCUT2D eigenvalue weighted by atomic mass is 10.1. The summed E-state index contributed by atoms with van der Waals surface area (Å²) in [5.74, 6) is 0. The molecule has 0 saturated carbocycles. The Balaban J connectivity index is 1.84. The fraction of sp³-hybridized carbons (Fsp3) is 0.263. The number of quaternary nitrogens is 1. The predicted octanol–water partition coefficient (Wildman–Crippen LogP) is 1.59. The van der Waals surface area contributed by atoms with Crippen molar-refractivity contribution < 1.29 is 9.64 Å². The van der Waals surface area contributed by atoms with Crippen LogP contribution in [0, 0.1) is 0 Å². The molecule has 1 N–H and O–H groups in total. The van der Waals surface area contributed by atoms with Crippen LogP contribution in [0.3, 0.4) is 0 Å². The topological polar surface area (TPSA) is 48.6 Å². The van der Waals surface area contributed by atoms with Gasteiger partial charge in [-0.1, -0.05) is 41.9 Å². The van der Waals surface area contributed by atoms with Crippen LogP contribution in [0.2, 0.25) is 5.02 Å². The molecule has 0 bridgehead atoms. The van der Waals surface area contributed by atoms with Crippen molar-refractivity contribution in [2.24, 2.45) is 0 Å². The van der Waals surface area contributed by atoms with Gasteiger partial charge in [-0.05, 0) is 18.2 Å². The van der Waals surface area contributed by atoms with Gasteiger partial charge >= 0.3 is 0 Å². The first kappa shape index (κ1) is 16.3. The van der Waals surface area contributed by atoms with E-state index in [0.29, 0.717) is 17.1 Å². The minimum atomic E-state index is -0.0488. The number of fused-ring (bicyclic) bond motifs is 1. The molecule has 0 amide bonds. The molecule has 1 aliphatic heterocycles. The second-order valence-electron chi connectivity index (χ2n) is 6.23. The van der Waals surface area contributed by atoms with Crippen LogP contribution in [0.1, 0.15) is 0 Å². The lowest BCUT2D eigenvalue weighted by Crippen LogP contribution is -3.13. The highest BCUT2D eigenvalue weighted by Gasteiger charge is 2.18. The normalized spacial score (nSPS) is 15.6. The number of nitrogens with one attached hydrogen (secondary N) is 1. The summed E-state index contributed by atoms with van der Waals surface area (Å²) in [6, 6.07) is 15.2. The van der Waals surface area contributed by atoms with Crippen molar-refractivity contribution in [1.29, 1.82) is 0 Å². The van der Waals surface area contributed by atoms with E-state index in [1.165, 1.54) is 4.90 Å². The summed E-state index contributed by atoms with van der Waals surface area (Å²) < 4.78 is 6.99. The average Bonchev–Trinajstić information content (AvgIpc) is 2.66. The fourth-order valence-corrected chi connectivity index (χ4v) is 3.32. The first-order valence-corrected chi connectivity index (χ1v) is 8.77. The second-order valence-corrected chi connectivity index (χ2v) is 6.66. The molecule has 128 valence electrons. The smallest absolute Gasteiger partial charge is 0.279 e. The van der Waals surface area contributed by atoms with Gasteiger partial charge in [0.15, 0.2) is 6.67 Å². The predicted molar refractivity (Wildman–Crippen MR) is 98.0 cm³/mol. The van der Waals surface area contributed by atoms with Gasteiger partial charge in [-0.25, -0.2) is 0 Å². The van der Waals surface area contributed by atoms with E-state index >= 15 is 0 Å². The van der Waals surface area contributed by atoms with Crippen LogP contribution >= 0.6 is 11.6 Å². The maximum atomic E-state index is 12.9. The Labute approximate surface area is 150 Å². The monoisotopic (exact) mass is 356 g/mol. The SMILES string of the molecule is O=c1c2ccccc2c(-c2ccc(Cl)cc2)nn1C[NH+]1CCOCC1. The molecule has 1 aliphatic rings. The highest BCUT2D eigenvalue weighted by atomic mass is 35.5. The van der Waals surface area contributed by atoms with Crippen LogP contribution in [0.25, 0.3) is 22.0 Å². The molecule has 0 aliphatic carbocycles. The van der Waals surface area contributed by atoms with Crippen LogP contribution in [0.4, 0.5) is 0 Å². The zero-order chi connectivity index (χ0) is 17.2. The number of aromatic nitrogens is 2. The fourth-order valence-electron chi connectivity index (χ4n) is 3.19. The van der Waals surface area contributed by atoms with E-state index in [9.17, 15) is 4.79 Å². The first-order valence-electron chi connectivity index (χ1n) is 8.39. The third kappa shape index (κ3) is 3.31. The lowest BCUT2D eigenvalue weighted by molar-refractivity contribution is -0.931. The third-order valence-electron chi connectivity index (χ3n) is 4.56. The molecule has 1 aromatic heterocycles. The molecule has 1 fully saturated rings. The Morgan fingerprint density at radius 2 is 1.72 bits per heavy atom. The molecule has 0 spiro atoms. The number of benzene rings is 2. The molecule has 2 aromatic carbocycles. The summed E-state index contributed by atoms with van der Waals surface area (Å²) in [6.07, 6.45) is 0. The van der Waals surface area contributed by atoms with Gasteiger partial charge < -0.3 is 9.64 Å². The summed E-state index contributed by atoms with van der Waals surface area (Å²) in [7, 11) is 0. The van der Waals surface area contributed by atoms with E-state index in [4.69, 9.17) is 21.4 Å². The second kappa shape index (κ2) is 6.96. The highest BCUT2D eigenvalue weighted by Crippen LogP contribution is 2.25. The van der Waals surface area contributed by atoms with Gasteiger partial charge in [-0.2, -0.15) is 9.78 Å². The van der Waals surface area contributed by atoms with Gasteiger partial charge in [0, 0.05) is 16.0 Å². The Morgan fingerprint density at radius 3 is 2.44 bits per heavy atom. The average molecular weight is 357 g/mol. The number of ether oxygens (including phenoxy) is 1. The zero-order valence-corrected chi connectivity index (χ0v) is 14.5. The van der Waals surface area contributed by atoms with Crippen LogP contribution in [0.15, 0.2) is 53.3 Å². The summed E-state index contributed by atoms with van der Waals surface area (Å²) in [4.78, 5) is 14.2. The summed E-state index contributed by atoms with van der Waals surface area (Å²) >= 11 is 6.01. The van der Waals surface area contributed by atoms with Crippen molar-refractivity contribution in [2.75, 3.05) is 26.3 Å². The summed E-state index contributed by atoms with van der Waals surface area (Å²) in [5.41, 5.74) is 1.71. The maximum Gasteiger partial charge on any atom is 0.279 e. The van der Waals surface area contributed by atoms with Crippen LogP contribution in [-0.2, 0) is 11.4 Å². The van der Waals surface area contributed by atoms with E-state index in [1.807, 2.05) is 48.5 Å². The molecular weight excluding hydrogens is 338 g/mol. The number of hydrogen-bond donors (Lipinski definition) is 1. The minimum Gasteiger partial charge on any atom is -0.370 e. The molecule has 0 atom stereocenters. The molecule has 3 aromatic rings. The molecule has 0 radical (unpaired) electrons. The third-order valence-corrected chi connectivity index (χ3v) is 4.81. The summed E-state index contributed by atoms with van der Waals surface area (Å²) in [5, 5.41) is 6.93. The lowest BCUT2D eigenvalue weighted by Gasteiger charge is -2.24. The molecule has 4 rings (SSSR count). The Bertz CT molecular complexity index is 947. The molecule has 2 heterocycles. The van der Waals surface area contributed by atoms with Crippen molar-refractivity contribution in [3.8, 4) is 11.3 Å². The molecule has 5 nitrogen and oxygen atoms in total. The van der Waals surface area contributed by atoms with Crippen LogP contribution in [-0.4, -0.2) is 36.1 Å². The van der Waals surface area contributed by atoms with Gasteiger partial charge in [0.05, 0.1) is 24.3 Å². The van der Waals surface area contributed by atoms with E-state index < -0.39 is 0 Å². The van der Waals surface area contributed by atoms with Crippen LogP contribution in [0.5, 0.6) is 0 Å². The Morgan fingerprint density at radius 1 is 1.04 bits per heavy atom. The van der Waals surface area contributed by atoms with E-state index in [2.05, 4.69) is 0 Å². The van der Waals surface area contributed by atoms with Crippen molar-refractivity contribution in [1.82, 2.24) is 9.78 Å². The van der Waals surface area contributed by atoms with Crippen molar-refractivity contribution in [2.45, 2.75) is 6.67 Å². The van der Waals surface area contributed by atoms with Crippen molar-refractivity contribution in [3.05, 3.63) is 63.9 Å². The van der Waals surface area contributed by atoms with E-state index in [1.54, 1.807) is 4.68 Å². The Kier molecular flexibility index (Phi) is 4.53. The largest absolute Gasteiger partial charge is 0.370 e. The number of hydrogen-bond acceptors (Lipinski definition) is 3. The van der Waals surface area contributed by atoms with Gasteiger partial charge in [0.2, 0.25) is 0 Å². The molecular formula is C19H19ClN3O2+. The van der Waals surface area contributed by atoms with Gasteiger partial charge in [-0.15, -0.1) is 0 Å². The Hall–Kier alpha value is -2.21. The number of nitrogens with zero attached hydrogens (tertiary/aromatic N) is 2. The standard InChI is InChI=1S/C19H18ClN3O2/c20-15-7-5-14(6-8-15)18-16-3-1-2-4-17(16)19(24)23(21-18)13-22-9-11-25-12-10-22/h1-8H,9-13H2/p+1. The first-order chi connectivity index (χ1) is 12.2. The highest BCUT2D eigenvalue weighted by molar-refractivity contribution is 6.30. The minimum absolute atomic E-state index is 0.0488. The summed E-state index contributed by atoms with van der Waals surface area (Å²) in [6.45, 7) is 3.77. The van der Waals surface area contributed by atoms with Gasteiger partial charge in [0.1, 0.15) is 13.1 Å².